The maximum absolute atomic E-state index is 10.2. The van der Waals surface area contributed by atoms with Crippen LogP contribution < -0.4 is 0 Å². The Bertz CT molecular complexity index is 150. The van der Waals surface area contributed by atoms with Gasteiger partial charge < -0.3 is 10.2 Å². The van der Waals surface area contributed by atoms with Crippen molar-refractivity contribution in [3.63, 3.8) is 0 Å². The highest BCUT2D eigenvalue weighted by Crippen LogP contribution is 1.82. The van der Waals surface area contributed by atoms with Crippen LogP contribution in [0.5, 0.6) is 0 Å². The van der Waals surface area contributed by atoms with Crippen molar-refractivity contribution in [3.05, 3.63) is 12.2 Å². The van der Waals surface area contributed by atoms with E-state index < -0.39 is 18.5 Å². The number of carbonyl (C=O) groups is 2. The SMILES string of the molecule is O=CC(=O)/C=C/[C@@H](O)CO. The molecule has 0 aromatic heterocycles. The first-order valence-corrected chi connectivity index (χ1v) is 2.67. The van der Waals surface area contributed by atoms with Gasteiger partial charge in [0.05, 0.1) is 12.7 Å². The Balaban J connectivity index is 3.74. The molecule has 0 bridgehead atoms. The summed E-state index contributed by atoms with van der Waals surface area (Å²) >= 11 is 0. The maximum Gasteiger partial charge on any atom is 0.217 e. The van der Waals surface area contributed by atoms with Crippen LogP contribution in [0.2, 0.25) is 0 Å². The molecule has 0 aliphatic rings. The molecule has 0 aliphatic carbocycles. The molecule has 1 atom stereocenters. The lowest BCUT2D eigenvalue weighted by atomic mass is 10.3. The fourth-order valence-electron chi connectivity index (χ4n) is 0.306. The van der Waals surface area contributed by atoms with Crippen LogP contribution >= 0.6 is 0 Å². The average molecular weight is 144 g/mol. The quantitative estimate of drug-likeness (QED) is 0.291. The molecule has 0 unspecified atom stereocenters. The fourth-order valence-corrected chi connectivity index (χ4v) is 0.306. The number of ketones is 1. The molecule has 0 saturated heterocycles. The highest BCUT2D eigenvalue weighted by atomic mass is 16.3. The second kappa shape index (κ2) is 4.84. The molecule has 10 heavy (non-hydrogen) atoms. The Morgan fingerprint density at radius 3 is 2.60 bits per heavy atom. The first-order valence-electron chi connectivity index (χ1n) is 2.67. The van der Waals surface area contributed by atoms with Crippen molar-refractivity contribution < 1.29 is 19.8 Å². The van der Waals surface area contributed by atoms with E-state index >= 15 is 0 Å². The van der Waals surface area contributed by atoms with Crippen molar-refractivity contribution in [3.8, 4) is 0 Å². The van der Waals surface area contributed by atoms with Crippen LogP contribution in [-0.4, -0.2) is 35.0 Å². The Morgan fingerprint density at radius 1 is 1.60 bits per heavy atom. The van der Waals surface area contributed by atoms with Crippen LogP contribution in [0.1, 0.15) is 0 Å². The summed E-state index contributed by atoms with van der Waals surface area (Å²) in [6.45, 7) is -0.456. The van der Waals surface area contributed by atoms with Crippen LogP contribution in [0.4, 0.5) is 0 Å². The monoisotopic (exact) mass is 144 g/mol. The smallest absolute Gasteiger partial charge is 0.217 e. The Labute approximate surface area is 57.8 Å². The lowest BCUT2D eigenvalue weighted by molar-refractivity contribution is -0.126. The Hall–Kier alpha value is -1.00. The number of aliphatic hydroxyl groups is 2. The van der Waals surface area contributed by atoms with Crippen LogP contribution in [0.25, 0.3) is 0 Å². The standard InChI is InChI=1S/C6H8O4/c7-3-5(9)1-2-6(10)4-8/h1-3,6,8,10H,4H2/b2-1+/t6-/m1/s1. The highest BCUT2D eigenvalue weighted by Gasteiger charge is 1.95. The van der Waals surface area contributed by atoms with Gasteiger partial charge >= 0.3 is 0 Å². The minimum absolute atomic E-state index is 0.126. The summed E-state index contributed by atoms with van der Waals surface area (Å²) in [6, 6.07) is 0. The second-order valence-electron chi connectivity index (χ2n) is 1.63. The molecule has 0 heterocycles. The van der Waals surface area contributed by atoms with E-state index in [0.717, 1.165) is 12.2 Å². The molecule has 0 rings (SSSR count). The normalized spacial score (nSPS) is 13.4. The van der Waals surface area contributed by atoms with Gasteiger partial charge in [0.25, 0.3) is 0 Å². The van der Waals surface area contributed by atoms with E-state index in [0.29, 0.717) is 0 Å². The molecule has 4 nitrogen and oxygen atoms in total. The molecular formula is C6H8O4. The van der Waals surface area contributed by atoms with E-state index in [2.05, 4.69) is 0 Å². The highest BCUT2D eigenvalue weighted by molar-refractivity contribution is 6.30. The van der Waals surface area contributed by atoms with Crippen molar-refractivity contribution in [2.75, 3.05) is 6.61 Å². The summed E-state index contributed by atoms with van der Waals surface area (Å²) in [5, 5.41) is 16.8. The second-order valence-corrected chi connectivity index (χ2v) is 1.63. The molecular weight excluding hydrogens is 136 g/mol. The number of rotatable bonds is 4. The van der Waals surface area contributed by atoms with Gasteiger partial charge in [-0.1, -0.05) is 0 Å². The van der Waals surface area contributed by atoms with Crippen molar-refractivity contribution in [1.82, 2.24) is 0 Å². The molecule has 0 aliphatic heterocycles. The molecule has 0 aromatic rings. The predicted octanol–water partition coefficient (Wildman–Crippen LogP) is -1.34. The molecule has 0 radical (unpaired) electrons. The number of allylic oxidation sites excluding steroid dienone is 1. The molecule has 4 heteroatoms. The van der Waals surface area contributed by atoms with Crippen molar-refractivity contribution in [2.45, 2.75) is 6.10 Å². The van der Waals surface area contributed by atoms with Gasteiger partial charge in [-0.25, -0.2) is 0 Å². The van der Waals surface area contributed by atoms with Gasteiger partial charge in [0.1, 0.15) is 0 Å². The lowest BCUT2D eigenvalue weighted by Gasteiger charge is -1.95. The van der Waals surface area contributed by atoms with Crippen LogP contribution in [0.15, 0.2) is 12.2 Å². The summed E-state index contributed by atoms with van der Waals surface area (Å²) in [5.74, 6) is -0.729. The van der Waals surface area contributed by atoms with Gasteiger partial charge in [-0.2, -0.15) is 0 Å². The molecule has 0 aromatic carbocycles. The zero-order valence-corrected chi connectivity index (χ0v) is 5.23. The van der Waals surface area contributed by atoms with E-state index in [1.165, 1.54) is 0 Å². The zero-order chi connectivity index (χ0) is 7.98. The third-order valence-corrected chi connectivity index (χ3v) is 0.786. The summed E-state index contributed by atoms with van der Waals surface area (Å²) in [4.78, 5) is 19.8. The summed E-state index contributed by atoms with van der Waals surface area (Å²) < 4.78 is 0. The van der Waals surface area contributed by atoms with E-state index in [1.54, 1.807) is 0 Å². The van der Waals surface area contributed by atoms with E-state index in [4.69, 9.17) is 10.2 Å². The van der Waals surface area contributed by atoms with E-state index in [1.807, 2.05) is 0 Å². The number of hydrogen-bond donors (Lipinski definition) is 2. The lowest BCUT2D eigenvalue weighted by Crippen LogP contribution is -2.08. The average Bonchev–Trinajstić information content (AvgIpc) is 1.99. The third-order valence-electron chi connectivity index (χ3n) is 0.786. The maximum atomic E-state index is 10.2. The van der Waals surface area contributed by atoms with Crippen LogP contribution in [0.3, 0.4) is 0 Å². The van der Waals surface area contributed by atoms with Crippen molar-refractivity contribution >= 4 is 12.1 Å². The largest absolute Gasteiger partial charge is 0.393 e. The van der Waals surface area contributed by atoms with Gasteiger partial charge in [-0.3, -0.25) is 9.59 Å². The summed E-state index contributed by atoms with van der Waals surface area (Å²) in [6.07, 6.45) is 1.02. The van der Waals surface area contributed by atoms with Gasteiger partial charge in [0.2, 0.25) is 5.78 Å². The number of carbonyl (C=O) groups excluding carboxylic acids is 2. The van der Waals surface area contributed by atoms with Gasteiger partial charge in [0, 0.05) is 0 Å². The number of aldehydes is 1. The minimum Gasteiger partial charge on any atom is -0.393 e. The Morgan fingerprint density at radius 2 is 2.20 bits per heavy atom. The van der Waals surface area contributed by atoms with Gasteiger partial charge in [0.15, 0.2) is 6.29 Å². The predicted molar refractivity (Wildman–Crippen MR) is 33.3 cm³/mol. The molecule has 0 spiro atoms. The third kappa shape index (κ3) is 3.94. The van der Waals surface area contributed by atoms with Gasteiger partial charge in [-0.05, 0) is 12.2 Å². The molecule has 0 saturated carbocycles. The molecule has 0 amide bonds. The Kier molecular flexibility index (Phi) is 4.36. The number of hydrogen-bond acceptors (Lipinski definition) is 4. The van der Waals surface area contributed by atoms with E-state index in [9.17, 15) is 9.59 Å². The topological polar surface area (TPSA) is 74.6 Å². The molecule has 0 fully saturated rings. The fraction of sp³-hybridized carbons (Fsp3) is 0.333. The summed E-state index contributed by atoms with van der Waals surface area (Å²) in [7, 11) is 0. The van der Waals surface area contributed by atoms with Crippen LogP contribution in [0, 0.1) is 0 Å². The van der Waals surface area contributed by atoms with Crippen molar-refractivity contribution in [2.24, 2.45) is 0 Å². The molecule has 56 valence electrons. The molecule has 2 N–H and O–H groups in total. The van der Waals surface area contributed by atoms with Gasteiger partial charge in [-0.15, -0.1) is 0 Å². The minimum atomic E-state index is -1.07. The first kappa shape index (κ1) is 9.00. The van der Waals surface area contributed by atoms with E-state index in [-0.39, 0.29) is 6.29 Å². The summed E-state index contributed by atoms with van der Waals surface area (Å²) in [5.41, 5.74) is 0. The first-order chi connectivity index (χ1) is 4.70. The number of aliphatic hydroxyl groups excluding tert-OH is 2. The zero-order valence-electron chi connectivity index (χ0n) is 5.23. The van der Waals surface area contributed by atoms with Crippen LogP contribution in [-0.2, 0) is 9.59 Å². The van der Waals surface area contributed by atoms with Crippen molar-refractivity contribution in [1.29, 1.82) is 0 Å².